The topological polar surface area (TPSA) is 86.7 Å². The van der Waals surface area contributed by atoms with Crippen LogP contribution in [-0.4, -0.2) is 25.3 Å². The van der Waals surface area contributed by atoms with Crippen molar-refractivity contribution in [2.24, 2.45) is 0 Å². The Labute approximate surface area is 151 Å². The SMILES string of the molecule is Cc1ccc(C(O)c2nc(Nc3cc(C)[nH]n3)c3ccccc3n2)cc1. The summed E-state index contributed by atoms with van der Waals surface area (Å²) >= 11 is 0. The molecule has 1 atom stereocenters. The molecule has 0 fully saturated rings. The highest BCUT2D eigenvalue weighted by atomic mass is 16.3. The van der Waals surface area contributed by atoms with E-state index in [0.717, 1.165) is 27.7 Å². The van der Waals surface area contributed by atoms with Crippen LogP contribution in [0.5, 0.6) is 0 Å². The number of anilines is 2. The number of aromatic nitrogens is 4. The van der Waals surface area contributed by atoms with E-state index in [-0.39, 0.29) is 0 Å². The fourth-order valence-electron chi connectivity index (χ4n) is 2.81. The smallest absolute Gasteiger partial charge is 0.164 e. The highest BCUT2D eigenvalue weighted by molar-refractivity contribution is 5.90. The Morgan fingerprint density at radius 2 is 1.77 bits per heavy atom. The van der Waals surface area contributed by atoms with Crippen molar-refractivity contribution in [3.05, 3.63) is 77.2 Å². The minimum atomic E-state index is -0.901. The average molecular weight is 345 g/mol. The number of hydrogen-bond donors (Lipinski definition) is 3. The highest BCUT2D eigenvalue weighted by Crippen LogP contribution is 2.27. The van der Waals surface area contributed by atoms with Gasteiger partial charge in [0.2, 0.25) is 0 Å². The third-order valence-electron chi connectivity index (χ3n) is 4.21. The number of fused-ring (bicyclic) bond motifs is 1. The van der Waals surface area contributed by atoms with E-state index in [0.29, 0.717) is 17.5 Å². The summed E-state index contributed by atoms with van der Waals surface area (Å²) in [5.41, 5.74) is 3.60. The van der Waals surface area contributed by atoms with E-state index in [1.165, 1.54) is 0 Å². The quantitative estimate of drug-likeness (QED) is 0.524. The molecular formula is C20H19N5O. The maximum atomic E-state index is 10.8. The fraction of sp³-hybridized carbons (Fsp3) is 0.150. The Kier molecular flexibility index (Phi) is 4.10. The number of aromatic amines is 1. The molecular weight excluding hydrogens is 326 g/mol. The van der Waals surface area contributed by atoms with E-state index >= 15 is 0 Å². The van der Waals surface area contributed by atoms with Crippen molar-refractivity contribution in [3.63, 3.8) is 0 Å². The second-order valence-electron chi connectivity index (χ2n) is 6.32. The lowest BCUT2D eigenvalue weighted by atomic mass is 10.1. The number of nitrogens with zero attached hydrogens (tertiary/aromatic N) is 3. The van der Waals surface area contributed by atoms with Gasteiger partial charge in [0.25, 0.3) is 0 Å². The molecule has 2 aromatic heterocycles. The summed E-state index contributed by atoms with van der Waals surface area (Å²) in [5.74, 6) is 1.63. The first-order valence-electron chi connectivity index (χ1n) is 8.40. The van der Waals surface area contributed by atoms with Gasteiger partial charge in [-0.25, -0.2) is 9.97 Å². The Balaban J connectivity index is 1.79. The number of nitrogens with one attached hydrogen (secondary N) is 2. The normalized spacial score (nSPS) is 12.3. The number of benzene rings is 2. The molecule has 4 aromatic rings. The number of para-hydroxylation sites is 1. The summed E-state index contributed by atoms with van der Waals surface area (Å²) in [6, 6.07) is 17.3. The molecule has 1 unspecified atom stereocenters. The van der Waals surface area contributed by atoms with Crippen LogP contribution < -0.4 is 5.32 Å². The van der Waals surface area contributed by atoms with Crippen LogP contribution in [0.2, 0.25) is 0 Å². The largest absolute Gasteiger partial charge is 0.380 e. The molecule has 0 radical (unpaired) electrons. The molecule has 2 aromatic carbocycles. The zero-order valence-electron chi connectivity index (χ0n) is 14.6. The van der Waals surface area contributed by atoms with E-state index in [1.54, 1.807) is 0 Å². The molecule has 0 aliphatic rings. The van der Waals surface area contributed by atoms with Crippen LogP contribution in [0.1, 0.15) is 28.7 Å². The lowest BCUT2D eigenvalue weighted by Gasteiger charge is -2.14. The van der Waals surface area contributed by atoms with Gasteiger partial charge in [-0.2, -0.15) is 5.10 Å². The van der Waals surface area contributed by atoms with Crippen molar-refractivity contribution in [2.45, 2.75) is 20.0 Å². The summed E-state index contributed by atoms with van der Waals surface area (Å²) < 4.78 is 0. The van der Waals surface area contributed by atoms with Gasteiger partial charge in [0.15, 0.2) is 11.6 Å². The standard InChI is InChI=1S/C20H19N5O/c1-12-7-9-14(10-8-12)18(26)20-21-16-6-4-3-5-15(16)19(23-20)22-17-11-13(2)24-25-17/h3-11,18,26H,1-2H3,(H2,21,22,23,24,25). The van der Waals surface area contributed by atoms with Gasteiger partial charge in [-0.3, -0.25) is 5.10 Å². The van der Waals surface area contributed by atoms with Crippen LogP contribution in [0.3, 0.4) is 0 Å². The zero-order chi connectivity index (χ0) is 18.1. The van der Waals surface area contributed by atoms with E-state index in [4.69, 9.17) is 0 Å². The molecule has 0 saturated carbocycles. The zero-order valence-corrected chi connectivity index (χ0v) is 14.6. The summed E-state index contributed by atoms with van der Waals surface area (Å²) in [7, 11) is 0. The van der Waals surface area contributed by atoms with Crippen molar-refractivity contribution in [1.29, 1.82) is 0 Å². The molecule has 3 N–H and O–H groups in total. The number of aryl methyl sites for hydroxylation is 2. The van der Waals surface area contributed by atoms with Gasteiger partial charge in [-0.15, -0.1) is 0 Å². The molecule has 6 nitrogen and oxygen atoms in total. The maximum absolute atomic E-state index is 10.8. The molecule has 130 valence electrons. The first-order valence-corrected chi connectivity index (χ1v) is 8.40. The van der Waals surface area contributed by atoms with E-state index in [1.807, 2.05) is 68.4 Å². The molecule has 6 heteroatoms. The second-order valence-corrected chi connectivity index (χ2v) is 6.32. The Morgan fingerprint density at radius 1 is 1.00 bits per heavy atom. The first kappa shape index (κ1) is 16.2. The lowest BCUT2D eigenvalue weighted by Crippen LogP contribution is -2.08. The summed E-state index contributed by atoms with van der Waals surface area (Å²) in [6.07, 6.45) is -0.901. The number of aliphatic hydroxyl groups excluding tert-OH is 1. The minimum Gasteiger partial charge on any atom is -0.380 e. The molecule has 0 aliphatic carbocycles. The van der Waals surface area contributed by atoms with Crippen LogP contribution >= 0.6 is 0 Å². The minimum absolute atomic E-state index is 0.349. The monoisotopic (exact) mass is 345 g/mol. The van der Waals surface area contributed by atoms with Gasteiger partial charge in [0.05, 0.1) is 5.52 Å². The van der Waals surface area contributed by atoms with E-state index < -0.39 is 6.10 Å². The Bertz CT molecular complexity index is 1060. The first-order chi connectivity index (χ1) is 12.6. The van der Waals surface area contributed by atoms with Gasteiger partial charge in [-0.1, -0.05) is 42.0 Å². The molecule has 0 spiro atoms. The van der Waals surface area contributed by atoms with Gasteiger partial charge < -0.3 is 10.4 Å². The van der Waals surface area contributed by atoms with Crippen molar-refractivity contribution in [3.8, 4) is 0 Å². The predicted octanol–water partition coefficient (Wildman–Crippen LogP) is 3.80. The third kappa shape index (κ3) is 3.14. The van der Waals surface area contributed by atoms with Crippen molar-refractivity contribution in [2.75, 3.05) is 5.32 Å². The van der Waals surface area contributed by atoms with Crippen molar-refractivity contribution >= 4 is 22.5 Å². The predicted molar refractivity (Wildman–Crippen MR) is 101 cm³/mol. The molecule has 26 heavy (non-hydrogen) atoms. The third-order valence-corrected chi connectivity index (χ3v) is 4.21. The maximum Gasteiger partial charge on any atom is 0.164 e. The molecule has 0 aliphatic heterocycles. The van der Waals surface area contributed by atoms with Gasteiger partial charge >= 0.3 is 0 Å². The molecule has 0 amide bonds. The molecule has 0 bridgehead atoms. The number of H-pyrrole nitrogens is 1. The number of rotatable bonds is 4. The highest BCUT2D eigenvalue weighted by Gasteiger charge is 2.17. The van der Waals surface area contributed by atoms with Gasteiger partial charge in [0, 0.05) is 17.1 Å². The lowest BCUT2D eigenvalue weighted by molar-refractivity contribution is 0.210. The van der Waals surface area contributed by atoms with Crippen LogP contribution in [0, 0.1) is 13.8 Å². The summed E-state index contributed by atoms with van der Waals surface area (Å²) in [5, 5.41) is 22.0. The molecule has 4 rings (SSSR count). The van der Waals surface area contributed by atoms with Gasteiger partial charge in [-0.05, 0) is 31.5 Å². The Hall–Kier alpha value is -3.25. The van der Waals surface area contributed by atoms with Crippen LogP contribution in [-0.2, 0) is 0 Å². The number of aliphatic hydroxyl groups is 1. The summed E-state index contributed by atoms with van der Waals surface area (Å²) in [4.78, 5) is 9.13. The summed E-state index contributed by atoms with van der Waals surface area (Å²) in [6.45, 7) is 3.94. The second kappa shape index (κ2) is 6.57. The number of hydrogen-bond acceptors (Lipinski definition) is 5. The van der Waals surface area contributed by atoms with E-state index in [9.17, 15) is 5.11 Å². The van der Waals surface area contributed by atoms with Crippen molar-refractivity contribution < 1.29 is 5.11 Å². The fourth-order valence-corrected chi connectivity index (χ4v) is 2.81. The molecule has 2 heterocycles. The van der Waals surface area contributed by atoms with E-state index in [2.05, 4.69) is 25.5 Å². The van der Waals surface area contributed by atoms with Crippen LogP contribution in [0.25, 0.3) is 10.9 Å². The van der Waals surface area contributed by atoms with Crippen LogP contribution in [0.15, 0.2) is 54.6 Å². The van der Waals surface area contributed by atoms with Gasteiger partial charge in [0.1, 0.15) is 11.9 Å². The Morgan fingerprint density at radius 3 is 2.50 bits per heavy atom. The average Bonchev–Trinajstić information content (AvgIpc) is 3.06. The van der Waals surface area contributed by atoms with Crippen molar-refractivity contribution in [1.82, 2.24) is 20.2 Å². The van der Waals surface area contributed by atoms with Crippen LogP contribution in [0.4, 0.5) is 11.6 Å². The molecule has 0 saturated heterocycles.